The molecule has 0 aliphatic rings. The van der Waals surface area contributed by atoms with Crippen LogP contribution in [0.5, 0.6) is 0 Å². The van der Waals surface area contributed by atoms with E-state index in [0.717, 1.165) is 6.07 Å². The number of nitrogen functional groups attached to an aromatic ring is 1. The highest BCUT2D eigenvalue weighted by Gasteiger charge is 2.14. The van der Waals surface area contributed by atoms with Gasteiger partial charge in [-0.2, -0.15) is 0 Å². The van der Waals surface area contributed by atoms with Gasteiger partial charge in [0.05, 0.1) is 12.6 Å². The van der Waals surface area contributed by atoms with Crippen molar-refractivity contribution in [3.8, 4) is 0 Å². The summed E-state index contributed by atoms with van der Waals surface area (Å²) in [7, 11) is 0. The maximum Gasteiger partial charge on any atom is 0.251 e. The average molecular weight is 240 g/mol. The number of hydrogen-bond acceptors (Lipinski definition) is 3. The summed E-state index contributed by atoms with van der Waals surface area (Å²) in [5, 5.41) is 11.6. The Bertz CT molecular complexity index is 394. The zero-order valence-electron chi connectivity index (χ0n) is 9.96. The summed E-state index contributed by atoms with van der Waals surface area (Å²) in [5.74, 6) is -0.941. The van der Waals surface area contributed by atoms with Crippen LogP contribution in [-0.4, -0.2) is 23.7 Å². The SMILES string of the molecule is CC[C@H](CO)NC(=O)c1cc(N)c(C)c(F)c1. The van der Waals surface area contributed by atoms with Crippen molar-refractivity contribution in [2.75, 3.05) is 12.3 Å². The molecule has 0 heterocycles. The number of nitrogens with two attached hydrogens (primary N) is 1. The Kier molecular flexibility index (Phi) is 4.45. The summed E-state index contributed by atoms with van der Waals surface area (Å²) in [5.41, 5.74) is 6.32. The van der Waals surface area contributed by atoms with E-state index in [2.05, 4.69) is 5.32 Å². The number of nitrogens with one attached hydrogen (secondary N) is 1. The smallest absolute Gasteiger partial charge is 0.251 e. The number of anilines is 1. The average Bonchev–Trinajstić information content (AvgIpc) is 2.31. The van der Waals surface area contributed by atoms with E-state index in [-0.39, 0.29) is 23.9 Å². The normalized spacial score (nSPS) is 12.2. The molecular formula is C12H17FN2O2. The van der Waals surface area contributed by atoms with Gasteiger partial charge >= 0.3 is 0 Å². The minimum Gasteiger partial charge on any atom is -0.398 e. The van der Waals surface area contributed by atoms with Gasteiger partial charge in [0.1, 0.15) is 5.82 Å². The molecule has 1 atom stereocenters. The molecule has 0 aliphatic heterocycles. The first-order chi connectivity index (χ1) is 7.99. The van der Waals surface area contributed by atoms with Crippen LogP contribution in [0.2, 0.25) is 0 Å². The van der Waals surface area contributed by atoms with E-state index in [9.17, 15) is 9.18 Å². The van der Waals surface area contributed by atoms with Crippen molar-refractivity contribution in [2.45, 2.75) is 26.3 Å². The van der Waals surface area contributed by atoms with E-state index >= 15 is 0 Å². The van der Waals surface area contributed by atoms with E-state index in [4.69, 9.17) is 10.8 Å². The van der Waals surface area contributed by atoms with Gasteiger partial charge in [-0.3, -0.25) is 4.79 Å². The summed E-state index contributed by atoms with van der Waals surface area (Å²) < 4.78 is 13.4. The largest absolute Gasteiger partial charge is 0.398 e. The van der Waals surface area contributed by atoms with E-state index in [1.54, 1.807) is 6.92 Å². The van der Waals surface area contributed by atoms with Gasteiger partial charge in [0, 0.05) is 16.8 Å². The molecule has 4 nitrogen and oxygen atoms in total. The zero-order valence-corrected chi connectivity index (χ0v) is 9.96. The lowest BCUT2D eigenvalue weighted by Crippen LogP contribution is -2.37. The Labute approximate surface area is 99.6 Å². The molecule has 94 valence electrons. The van der Waals surface area contributed by atoms with Crippen LogP contribution in [-0.2, 0) is 0 Å². The summed E-state index contributed by atoms with van der Waals surface area (Å²) in [6.45, 7) is 3.24. The number of hydrogen-bond donors (Lipinski definition) is 3. The molecule has 0 saturated heterocycles. The maximum atomic E-state index is 13.4. The van der Waals surface area contributed by atoms with Gasteiger partial charge in [0.25, 0.3) is 5.91 Å². The molecule has 17 heavy (non-hydrogen) atoms. The molecular weight excluding hydrogens is 223 g/mol. The Morgan fingerprint density at radius 2 is 2.24 bits per heavy atom. The van der Waals surface area contributed by atoms with Crippen molar-refractivity contribution in [3.63, 3.8) is 0 Å². The summed E-state index contributed by atoms with van der Waals surface area (Å²) >= 11 is 0. The third-order valence-corrected chi connectivity index (χ3v) is 2.70. The Morgan fingerprint density at radius 3 is 2.71 bits per heavy atom. The van der Waals surface area contributed by atoms with Crippen molar-refractivity contribution in [3.05, 3.63) is 29.1 Å². The van der Waals surface area contributed by atoms with Gasteiger partial charge in [-0.25, -0.2) is 4.39 Å². The zero-order chi connectivity index (χ0) is 13.0. The van der Waals surface area contributed by atoms with E-state index in [1.807, 2.05) is 6.92 Å². The highest BCUT2D eigenvalue weighted by atomic mass is 19.1. The minimum absolute atomic E-state index is 0.147. The molecule has 1 aromatic rings. The number of amides is 1. The van der Waals surface area contributed by atoms with Gasteiger partial charge in [0.15, 0.2) is 0 Å². The minimum atomic E-state index is -0.507. The molecule has 0 aromatic heterocycles. The first kappa shape index (κ1) is 13.4. The number of rotatable bonds is 4. The van der Waals surface area contributed by atoms with Gasteiger partial charge in [-0.1, -0.05) is 6.92 Å². The predicted molar refractivity (Wildman–Crippen MR) is 64.2 cm³/mol. The molecule has 1 aromatic carbocycles. The lowest BCUT2D eigenvalue weighted by Gasteiger charge is -2.14. The Balaban J connectivity index is 2.90. The van der Waals surface area contributed by atoms with Crippen LogP contribution in [0.1, 0.15) is 29.3 Å². The fourth-order valence-electron chi connectivity index (χ4n) is 1.38. The molecule has 0 radical (unpaired) electrons. The third kappa shape index (κ3) is 3.17. The van der Waals surface area contributed by atoms with Gasteiger partial charge in [-0.05, 0) is 25.5 Å². The second-order valence-corrected chi connectivity index (χ2v) is 3.93. The van der Waals surface area contributed by atoms with Gasteiger partial charge in [-0.15, -0.1) is 0 Å². The fraction of sp³-hybridized carbons (Fsp3) is 0.417. The van der Waals surface area contributed by atoms with Crippen LogP contribution >= 0.6 is 0 Å². The molecule has 5 heteroatoms. The van der Waals surface area contributed by atoms with Crippen molar-refractivity contribution in [2.24, 2.45) is 0 Å². The number of benzene rings is 1. The summed E-state index contributed by atoms with van der Waals surface area (Å²) in [6, 6.07) is 2.25. The van der Waals surface area contributed by atoms with Crippen LogP contribution in [0.25, 0.3) is 0 Å². The number of carbonyl (C=O) groups excluding carboxylic acids is 1. The molecule has 0 fully saturated rings. The number of carbonyl (C=O) groups is 1. The lowest BCUT2D eigenvalue weighted by molar-refractivity contribution is 0.0914. The highest BCUT2D eigenvalue weighted by Crippen LogP contribution is 2.17. The quantitative estimate of drug-likeness (QED) is 0.692. The van der Waals surface area contributed by atoms with Gasteiger partial charge < -0.3 is 16.2 Å². The molecule has 0 unspecified atom stereocenters. The first-order valence-electron chi connectivity index (χ1n) is 5.46. The summed E-state index contributed by atoms with van der Waals surface area (Å²) in [6.07, 6.45) is 0.603. The standard InChI is InChI=1S/C12H17FN2O2/c1-3-9(6-16)15-12(17)8-4-10(13)7(2)11(14)5-8/h4-5,9,16H,3,6,14H2,1-2H3,(H,15,17)/t9-/m1/s1. The Hall–Kier alpha value is -1.62. The molecule has 1 rings (SSSR count). The molecule has 0 spiro atoms. The highest BCUT2D eigenvalue weighted by molar-refractivity contribution is 5.95. The van der Waals surface area contributed by atoms with Crippen LogP contribution in [0.15, 0.2) is 12.1 Å². The van der Waals surface area contributed by atoms with Gasteiger partial charge in [0.2, 0.25) is 0 Å². The van der Waals surface area contributed by atoms with E-state index < -0.39 is 11.7 Å². The van der Waals surface area contributed by atoms with E-state index in [1.165, 1.54) is 6.07 Å². The number of aliphatic hydroxyl groups excluding tert-OH is 1. The van der Waals surface area contributed by atoms with Crippen LogP contribution < -0.4 is 11.1 Å². The monoisotopic (exact) mass is 240 g/mol. The van der Waals surface area contributed by atoms with Crippen molar-refractivity contribution in [1.29, 1.82) is 0 Å². The van der Waals surface area contributed by atoms with Crippen LogP contribution in [0, 0.1) is 12.7 Å². The molecule has 0 aliphatic carbocycles. The van der Waals surface area contributed by atoms with E-state index in [0.29, 0.717) is 12.0 Å². The maximum absolute atomic E-state index is 13.4. The second kappa shape index (κ2) is 5.63. The molecule has 1 amide bonds. The first-order valence-corrected chi connectivity index (χ1v) is 5.46. The third-order valence-electron chi connectivity index (χ3n) is 2.70. The number of aliphatic hydroxyl groups is 1. The van der Waals surface area contributed by atoms with Crippen LogP contribution in [0.4, 0.5) is 10.1 Å². The number of halogens is 1. The molecule has 0 bridgehead atoms. The van der Waals surface area contributed by atoms with Crippen molar-refractivity contribution >= 4 is 11.6 Å². The van der Waals surface area contributed by atoms with Crippen molar-refractivity contribution < 1.29 is 14.3 Å². The van der Waals surface area contributed by atoms with Crippen LogP contribution in [0.3, 0.4) is 0 Å². The fourth-order valence-corrected chi connectivity index (χ4v) is 1.38. The Morgan fingerprint density at radius 1 is 1.59 bits per heavy atom. The second-order valence-electron chi connectivity index (χ2n) is 3.93. The predicted octanol–water partition coefficient (Wildman–Crippen LogP) is 1.22. The lowest BCUT2D eigenvalue weighted by atomic mass is 10.1. The molecule has 0 saturated carbocycles. The topological polar surface area (TPSA) is 75.3 Å². The van der Waals surface area contributed by atoms with Crippen molar-refractivity contribution in [1.82, 2.24) is 5.32 Å². The summed E-state index contributed by atoms with van der Waals surface area (Å²) in [4.78, 5) is 11.7. The molecule has 4 N–H and O–H groups in total.